The van der Waals surface area contributed by atoms with Crippen LogP contribution < -0.4 is 0 Å². The molecule has 0 saturated carbocycles. The molecule has 0 spiro atoms. The van der Waals surface area contributed by atoms with Crippen molar-refractivity contribution >= 4 is 11.9 Å². The van der Waals surface area contributed by atoms with Crippen LogP contribution in [0.1, 0.15) is 78.6 Å². The predicted molar refractivity (Wildman–Crippen MR) is 86.3 cm³/mol. The number of carbonyl (C=O) groups excluding carboxylic acids is 1. The summed E-state index contributed by atoms with van der Waals surface area (Å²) in [7, 11) is 0. The molecule has 0 aromatic rings. The minimum absolute atomic E-state index is 0.00776. The predicted octanol–water partition coefficient (Wildman–Crippen LogP) is 4.09. The quantitative estimate of drug-likeness (QED) is 0.521. The molecular formula is C17H33NO3. The molecule has 0 radical (unpaired) electrons. The fourth-order valence-electron chi connectivity index (χ4n) is 2.66. The normalized spacial score (nSPS) is 12.1. The Morgan fingerprint density at radius 1 is 0.905 bits per heavy atom. The molecule has 0 bridgehead atoms. The van der Waals surface area contributed by atoms with E-state index < -0.39 is 5.97 Å². The summed E-state index contributed by atoms with van der Waals surface area (Å²) in [6, 6.07) is 0. The number of hydrogen-bond donors (Lipinski definition) is 1. The monoisotopic (exact) mass is 299 g/mol. The highest BCUT2D eigenvalue weighted by Gasteiger charge is 2.24. The first-order valence-electron chi connectivity index (χ1n) is 8.57. The van der Waals surface area contributed by atoms with Crippen molar-refractivity contribution in [1.82, 2.24) is 4.90 Å². The van der Waals surface area contributed by atoms with Gasteiger partial charge in [-0.3, -0.25) is 9.59 Å². The van der Waals surface area contributed by atoms with E-state index >= 15 is 0 Å². The zero-order valence-corrected chi connectivity index (χ0v) is 14.1. The van der Waals surface area contributed by atoms with E-state index in [0.717, 1.165) is 12.8 Å². The topological polar surface area (TPSA) is 57.6 Å². The highest BCUT2D eigenvalue weighted by atomic mass is 16.4. The van der Waals surface area contributed by atoms with E-state index in [1.165, 1.54) is 32.1 Å². The molecule has 1 amide bonds. The lowest BCUT2D eigenvalue weighted by Crippen LogP contribution is -2.36. The van der Waals surface area contributed by atoms with Gasteiger partial charge in [0.05, 0.1) is 6.42 Å². The third kappa shape index (κ3) is 9.48. The van der Waals surface area contributed by atoms with E-state index in [4.69, 9.17) is 5.11 Å². The van der Waals surface area contributed by atoms with Gasteiger partial charge in [0.15, 0.2) is 0 Å². The lowest BCUT2D eigenvalue weighted by molar-refractivity contribution is -0.144. The molecule has 1 N–H and O–H groups in total. The Labute approximate surface area is 129 Å². The maximum Gasteiger partial charge on any atom is 0.304 e. The van der Waals surface area contributed by atoms with Crippen molar-refractivity contribution in [1.29, 1.82) is 0 Å². The van der Waals surface area contributed by atoms with Crippen molar-refractivity contribution < 1.29 is 14.7 Å². The van der Waals surface area contributed by atoms with Gasteiger partial charge >= 0.3 is 5.97 Å². The second-order valence-electron chi connectivity index (χ2n) is 5.72. The minimum Gasteiger partial charge on any atom is -0.481 e. The number of rotatable bonds is 13. The van der Waals surface area contributed by atoms with Crippen molar-refractivity contribution in [3.8, 4) is 0 Å². The number of amides is 1. The van der Waals surface area contributed by atoms with E-state index in [1.54, 1.807) is 4.90 Å². The van der Waals surface area contributed by atoms with Crippen LogP contribution in [0.4, 0.5) is 0 Å². The Balaban J connectivity index is 4.12. The van der Waals surface area contributed by atoms with Crippen LogP contribution in [0, 0.1) is 5.92 Å². The van der Waals surface area contributed by atoms with Gasteiger partial charge in [0.1, 0.15) is 0 Å². The molecule has 4 heteroatoms. The van der Waals surface area contributed by atoms with Gasteiger partial charge in [-0.15, -0.1) is 0 Å². The summed E-state index contributed by atoms with van der Waals surface area (Å²) < 4.78 is 0. The number of nitrogens with zero attached hydrogens (tertiary/aromatic N) is 1. The number of carbonyl (C=O) groups is 2. The molecule has 21 heavy (non-hydrogen) atoms. The molecule has 0 aromatic carbocycles. The van der Waals surface area contributed by atoms with Crippen molar-refractivity contribution in [3.05, 3.63) is 0 Å². The van der Waals surface area contributed by atoms with Gasteiger partial charge in [-0.25, -0.2) is 0 Å². The summed E-state index contributed by atoms with van der Waals surface area (Å²) in [5.41, 5.74) is 0. The summed E-state index contributed by atoms with van der Waals surface area (Å²) in [6.07, 6.45) is 9.00. The van der Waals surface area contributed by atoms with Crippen LogP contribution >= 0.6 is 0 Å². The molecular weight excluding hydrogens is 266 g/mol. The maximum atomic E-state index is 12.3. The number of unbranched alkanes of at least 4 members (excludes halogenated alkanes) is 6. The van der Waals surface area contributed by atoms with Gasteiger partial charge < -0.3 is 10.0 Å². The first-order valence-corrected chi connectivity index (χ1v) is 8.57. The summed E-state index contributed by atoms with van der Waals surface area (Å²) in [6.45, 7) is 7.39. The van der Waals surface area contributed by atoms with Gasteiger partial charge in [-0.1, -0.05) is 51.9 Å². The van der Waals surface area contributed by atoms with Gasteiger partial charge in [0.25, 0.3) is 0 Å². The molecule has 0 heterocycles. The number of hydrogen-bond acceptors (Lipinski definition) is 2. The molecule has 0 aliphatic carbocycles. The van der Waals surface area contributed by atoms with Crippen LogP contribution in [0.2, 0.25) is 0 Å². The highest BCUT2D eigenvalue weighted by Crippen LogP contribution is 2.18. The largest absolute Gasteiger partial charge is 0.481 e. The van der Waals surface area contributed by atoms with Crippen LogP contribution in [0.3, 0.4) is 0 Å². The second-order valence-corrected chi connectivity index (χ2v) is 5.72. The molecule has 1 atom stereocenters. The van der Waals surface area contributed by atoms with Gasteiger partial charge in [-0.05, 0) is 20.3 Å². The standard InChI is InChI=1S/C17H33NO3/c1-4-7-8-9-10-11-12-13-15(14-16(19)20)17(21)18(5-2)6-3/h15H,4-14H2,1-3H3,(H,19,20). The molecule has 4 nitrogen and oxygen atoms in total. The third-order valence-electron chi connectivity index (χ3n) is 4.00. The Bertz CT molecular complexity index is 288. The van der Waals surface area contributed by atoms with E-state index in [9.17, 15) is 9.59 Å². The average molecular weight is 299 g/mol. The zero-order valence-electron chi connectivity index (χ0n) is 14.1. The van der Waals surface area contributed by atoms with Gasteiger partial charge in [0, 0.05) is 19.0 Å². The first-order chi connectivity index (χ1) is 10.1. The van der Waals surface area contributed by atoms with Crippen LogP contribution in [-0.2, 0) is 9.59 Å². The number of carboxylic acids is 1. The molecule has 0 aliphatic rings. The average Bonchev–Trinajstić information content (AvgIpc) is 2.45. The van der Waals surface area contributed by atoms with Gasteiger partial charge in [0.2, 0.25) is 5.91 Å². The van der Waals surface area contributed by atoms with Crippen LogP contribution in [0.15, 0.2) is 0 Å². The van der Waals surface area contributed by atoms with E-state index in [2.05, 4.69) is 6.92 Å². The van der Waals surface area contributed by atoms with Crippen molar-refractivity contribution in [2.24, 2.45) is 5.92 Å². The fraction of sp³-hybridized carbons (Fsp3) is 0.882. The molecule has 0 aromatic heterocycles. The SMILES string of the molecule is CCCCCCCCCC(CC(=O)O)C(=O)N(CC)CC. The fourth-order valence-corrected chi connectivity index (χ4v) is 2.66. The minimum atomic E-state index is -0.872. The first kappa shape index (κ1) is 19.9. The Morgan fingerprint density at radius 2 is 1.43 bits per heavy atom. The smallest absolute Gasteiger partial charge is 0.304 e. The zero-order chi connectivity index (χ0) is 16.1. The second kappa shape index (κ2) is 12.7. The summed E-state index contributed by atoms with van der Waals surface area (Å²) in [5, 5.41) is 8.99. The Hall–Kier alpha value is -1.06. The van der Waals surface area contributed by atoms with Crippen molar-refractivity contribution in [3.63, 3.8) is 0 Å². The van der Waals surface area contributed by atoms with E-state index in [-0.39, 0.29) is 18.2 Å². The van der Waals surface area contributed by atoms with E-state index in [0.29, 0.717) is 19.5 Å². The van der Waals surface area contributed by atoms with Crippen LogP contribution in [0.25, 0.3) is 0 Å². The summed E-state index contributed by atoms with van der Waals surface area (Å²) in [5.74, 6) is -1.21. The molecule has 0 aliphatic heterocycles. The third-order valence-corrected chi connectivity index (χ3v) is 4.00. The number of aliphatic carboxylic acids is 1. The molecule has 0 rings (SSSR count). The van der Waals surface area contributed by atoms with Crippen molar-refractivity contribution in [2.75, 3.05) is 13.1 Å². The van der Waals surface area contributed by atoms with Gasteiger partial charge in [-0.2, -0.15) is 0 Å². The Kier molecular flexibility index (Phi) is 12.0. The molecule has 124 valence electrons. The molecule has 0 saturated heterocycles. The summed E-state index contributed by atoms with van der Waals surface area (Å²) in [4.78, 5) is 25.0. The van der Waals surface area contributed by atoms with Crippen molar-refractivity contribution in [2.45, 2.75) is 78.6 Å². The number of carboxylic acid groups (broad SMARTS) is 1. The van der Waals surface area contributed by atoms with Crippen LogP contribution in [0.5, 0.6) is 0 Å². The lowest BCUT2D eigenvalue weighted by Gasteiger charge is -2.24. The summed E-state index contributed by atoms with van der Waals surface area (Å²) >= 11 is 0. The maximum absolute atomic E-state index is 12.3. The lowest BCUT2D eigenvalue weighted by atomic mass is 9.95. The molecule has 0 fully saturated rings. The Morgan fingerprint density at radius 3 is 1.90 bits per heavy atom. The highest BCUT2D eigenvalue weighted by molar-refractivity contribution is 5.83. The molecule has 1 unspecified atom stereocenters. The van der Waals surface area contributed by atoms with Crippen LogP contribution in [-0.4, -0.2) is 35.0 Å². The van der Waals surface area contributed by atoms with E-state index in [1.807, 2.05) is 13.8 Å².